The van der Waals surface area contributed by atoms with Gasteiger partial charge in [0.15, 0.2) is 0 Å². The molecule has 0 aromatic rings. The Morgan fingerprint density at radius 3 is 2.30 bits per heavy atom. The summed E-state index contributed by atoms with van der Waals surface area (Å²) in [6, 6.07) is 0. The Morgan fingerprint density at radius 2 is 2.00 bits per heavy atom. The molecule has 0 spiro atoms. The van der Waals surface area contributed by atoms with E-state index in [9.17, 15) is 18.0 Å². The number of hydrogen-bond donors (Lipinski definition) is 0. The van der Waals surface area contributed by atoms with Gasteiger partial charge in [-0.1, -0.05) is 6.92 Å². The van der Waals surface area contributed by atoms with E-state index >= 15 is 0 Å². The highest BCUT2D eigenvalue weighted by atomic mass is 19.4. The first-order valence-electron chi connectivity index (χ1n) is 2.98. The molecule has 0 aromatic heterocycles. The van der Waals surface area contributed by atoms with Gasteiger partial charge in [-0.15, -0.1) is 0 Å². The number of aldehydes is 1. The van der Waals surface area contributed by atoms with Crippen molar-refractivity contribution < 1.29 is 18.0 Å². The third kappa shape index (κ3) is 5.59. The largest absolute Gasteiger partial charge is 0.389 e. The standard InChI is InChI=1S/C6H9F3O/c1-5(4-10)2-3-6(7,8)9/h4-5H,2-3H2,1H3. The van der Waals surface area contributed by atoms with Crippen LogP contribution in [0.15, 0.2) is 0 Å². The Bertz CT molecular complexity index is 108. The molecule has 0 heterocycles. The minimum atomic E-state index is -4.13. The summed E-state index contributed by atoms with van der Waals surface area (Å²) < 4.78 is 34.3. The Kier molecular flexibility index (Phi) is 3.39. The van der Waals surface area contributed by atoms with Gasteiger partial charge in [0.25, 0.3) is 0 Å². The van der Waals surface area contributed by atoms with E-state index in [1.54, 1.807) is 0 Å². The number of carbonyl (C=O) groups is 1. The molecule has 0 amide bonds. The summed E-state index contributed by atoms with van der Waals surface area (Å²) in [5.41, 5.74) is 0. The highest BCUT2D eigenvalue weighted by Crippen LogP contribution is 2.23. The summed E-state index contributed by atoms with van der Waals surface area (Å²) in [6.45, 7) is 1.47. The normalized spacial score (nSPS) is 14.8. The summed E-state index contributed by atoms with van der Waals surface area (Å²) in [6.07, 6.45) is -4.57. The Hall–Kier alpha value is -0.540. The van der Waals surface area contributed by atoms with Crippen LogP contribution in [0.2, 0.25) is 0 Å². The van der Waals surface area contributed by atoms with Crippen molar-refractivity contribution in [2.24, 2.45) is 5.92 Å². The molecule has 0 rings (SSSR count). The lowest BCUT2D eigenvalue weighted by molar-refractivity contribution is -0.138. The molecule has 0 bridgehead atoms. The lowest BCUT2D eigenvalue weighted by Crippen LogP contribution is -2.09. The first-order valence-corrected chi connectivity index (χ1v) is 2.98. The second kappa shape index (κ2) is 3.58. The molecule has 0 saturated heterocycles. The number of hydrogen-bond acceptors (Lipinski definition) is 1. The minimum Gasteiger partial charge on any atom is -0.303 e. The van der Waals surface area contributed by atoms with Crippen LogP contribution in [0.5, 0.6) is 0 Å². The van der Waals surface area contributed by atoms with Crippen molar-refractivity contribution in [2.75, 3.05) is 0 Å². The van der Waals surface area contributed by atoms with E-state index in [0.717, 1.165) is 0 Å². The number of alkyl halides is 3. The third-order valence-electron chi connectivity index (χ3n) is 1.12. The molecule has 1 nitrogen and oxygen atoms in total. The van der Waals surface area contributed by atoms with E-state index < -0.39 is 18.5 Å². The van der Waals surface area contributed by atoms with Crippen LogP contribution < -0.4 is 0 Å². The Labute approximate surface area is 57.2 Å². The van der Waals surface area contributed by atoms with Crippen molar-refractivity contribution in [1.29, 1.82) is 0 Å². The molecule has 10 heavy (non-hydrogen) atoms. The molecule has 0 N–H and O–H groups in total. The van der Waals surface area contributed by atoms with Gasteiger partial charge in [0.2, 0.25) is 0 Å². The zero-order valence-electron chi connectivity index (χ0n) is 5.61. The van der Waals surface area contributed by atoms with E-state index in [0.29, 0.717) is 6.29 Å². The van der Waals surface area contributed by atoms with Crippen LogP contribution in [-0.2, 0) is 4.79 Å². The van der Waals surface area contributed by atoms with Gasteiger partial charge in [-0.3, -0.25) is 0 Å². The van der Waals surface area contributed by atoms with Gasteiger partial charge in [0, 0.05) is 12.3 Å². The molecular formula is C6H9F3O. The van der Waals surface area contributed by atoms with E-state index in [-0.39, 0.29) is 6.42 Å². The summed E-state index contributed by atoms with van der Waals surface area (Å²) in [7, 11) is 0. The first-order chi connectivity index (χ1) is 4.45. The van der Waals surface area contributed by atoms with Crippen LogP contribution in [0.4, 0.5) is 13.2 Å². The molecule has 0 aromatic carbocycles. The number of carbonyl (C=O) groups excluding carboxylic acids is 1. The van der Waals surface area contributed by atoms with Gasteiger partial charge >= 0.3 is 6.18 Å². The summed E-state index contributed by atoms with van der Waals surface area (Å²) in [4.78, 5) is 9.85. The maximum Gasteiger partial charge on any atom is 0.389 e. The maximum atomic E-state index is 11.4. The van der Waals surface area contributed by atoms with Crippen molar-refractivity contribution in [2.45, 2.75) is 25.9 Å². The number of rotatable bonds is 3. The van der Waals surface area contributed by atoms with Crippen molar-refractivity contribution >= 4 is 6.29 Å². The van der Waals surface area contributed by atoms with E-state index in [1.807, 2.05) is 0 Å². The molecule has 0 saturated carbocycles. The average Bonchev–Trinajstić information content (AvgIpc) is 1.81. The van der Waals surface area contributed by atoms with Gasteiger partial charge in [-0.2, -0.15) is 13.2 Å². The zero-order valence-corrected chi connectivity index (χ0v) is 5.61. The second-order valence-electron chi connectivity index (χ2n) is 2.27. The van der Waals surface area contributed by atoms with Gasteiger partial charge in [0.1, 0.15) is 6.29 Å². The molecule has 0 aliphatic carbocycles. The Balaban J connectivity index is 3.45. The SMILES string of the molecule is CC(C=O)CCC(F)(F)F. The van der Waals surface area contributed by atoms with Crippen LogP contribution in [0.1, 0.15) is 19.8 Å². The van der Waals surface area contributed by atoms with E-state index in [2.05, 4.69) is 0 Å². The number of halogens is 3. The second-order valence-corrected chi connectivity index (χ2v) is 2.27. The van der Waals surface area contributed by atoms with Gasteiger partial charge in [-0.25, -0.2) is 0 Å². The van der Waals surface area contributed by atoms with Crippen LogP contribution in [0.25, 0.3) is 0 Å². The third-order valence-corrected chi connectivity index (χ3v) is 1.12. The van der Waals surface area contributed by atoms with Gasteiger partial charge < -0.3 is 4.79 Å². The van der Waals surface area contributed by atoms with Crippen LogP contribution in [0.3, 0.4) is 0 Å². The van der Waals surface area contributed by atoms with Crippen molar-refractivity contribution in [3.05, 3.63) is 0 Å². The van der Waals surface area contributed by atoms with Crippen molar-refractivity contribution in [3.8, 4) is 0 Å². The Morgan fingerprint density at radius 1 is 1.50 bits per heavy atom. The van der Waals surface area contributed by atoms with Gasteiger partial charge in [0.05, 0.1) is 0 Å². The highest BCUT2D eigenvalue weighted by molar-refractivity contribution is 5.52. The molecular weight excluding hydrogens is 145 g/mol. The summed E-state index contributed by atoms with van der Waals surface area (Å²) >= 11 is 0. The summed E-state index contributed by atoms with van der Waals surface area (Å²) in [5, 5.41) is 0. The molecule has 0 aliphatic rings. The smallest absolute Gasteiger partial charge is 0.303 e. The monoisotopic (exact) mass is 154 g/mol. The first kappa shape index (κ1) is 9.46. The predicted octanol–water partition coefficient (Wildman–Crippen LogP) is 2.16. The molecule has 4 heteroatoms. The molecule has 0 fully saturated rings. The highest BCUT2D eigenvalue weighted by Gasteiger charge is 2.27. The fourth-order valence-corrected chi connectivity index (χ4v) is 0.459. The topological polar surface area (TPSA) is 17.1 Å². The predicted molar refractivity (Wildman–Crippen MR) is 30.5 cm³/mol. The average molecular weight is 154 g/mol. The van der Waals surface area contributed by atoms with Gasteiger partial charge in [-0.05, 0) is 6.42 Å². The molecule has 0 aliphatic heterocycles. The van der Waals surface area contributed by atoms with E-state index in [1.165, 1.54) is 6.92 Å². The van der Waals surface area contributed by atoms with Crippen LogP contribution in [0, 0.1) is 5.92 Å². The minimum absolute atomic E-state index is 0.104. The fraction of sp³-hybridized carbons (Fsp3) is 0.833. The van der Waals surface area contributed by atoms with Crippen molar-refractivity contribution in [3.63, 3.8) is 0 Å². The van der Waals surface area contributed by atoms with E-state index in [4.69, 9.17) is 0 Å². The quantitative estimate of drug-likeness (QED) is 0.569. The molecule has 1 unspecified atom stereocenters. The van der Waals surface area contributed by atoms with Crippen LogP contribution in [-0.4, -0.2) is 12.5 Å². The zero-order chi connectivity index (χ0) is 8.20. The van der Waals surface area contributed by atoms with Crippen LogP contribution >= 0.6 is 0 Å². The summed E-state index contributed by atoms with van der Waals surface area (Å²) in [5.74, 6) is -0.485. The molecule has 0 radical (unpaired) electrons. The molecule has 1 atom stereocenters. The lowest BCUT2D eigenvalue weighted by atomic mass is 10.1. The molecule has 60 valence electrons. The fourth-order valence-electron chi connectivity index (χ4n) is 0.459. The van der Waals surface area contributed by atoms with Crippen molar-refractivity contribution in [1.82, 2.24) is 0 Å². The maximum absolute atomic E-state index is 11.4. The lowest BCUT2D eigenvalue weighted by Gasteiger charge is -2.06.